The molecule has 7 heteroatoms. The van der Waals surface area contributed by atoms with Crippen LogP contribution < -0.4 is 5.73 Å². The second kappa shape index (κ2) is 4.10. The van der Waals surface area contributed by atoms with Crippen molar-refractivity contribution >= 4 is 5.84 Å². The molecule has 0 spiro atoms. The number of nitrogens with two attached hydrogens (primary N) is 1. The summed E-state index contributed by atoms with van der Waals surface area (Å²) in [6.07, 6.45) is 7.87. The number of fused-ring (bicyclic) bond motifs is 1. The van der Waals surface area contributed by atoms with Crippen molar-refractivity contribution in [3.63, 3.8) is 0 Å². The molecule has 3 rings (SSSR count). The summed E-state index contributed by atoms with van der Waals surface area (Å²) in [5.74, 6) is 1.10. The first-order valence-corrected chi connectivity index (χ1v) is 5.65. The molecule has 0 amide bonds. The van der Waals surface area contributed by atoms with Gasteiger partial charge in [0.05, 0.1) is 0 Å². The molecule has 2 heterocycles. The van der Waals surface area contributed by atoms with Crippen molar-refractivity contribution in [1.29, 1.82) is 0 Å². The zero-order valence-electron chi connectivity index (χ0n) is 9.61. The third kappa shape index (κ3) is 1.52. The summed E-state index contributed by atoms with van der Waals surface area (Å²) >= 11 is 0. The van der Waals surface area contributed by atoms with E-state index >= 15 is 0 Å². The number of nitrogens with zero attached hydrogens (tertiary/aromatic N) is 5. The molecule has 3 N–H and O–H groups in total. The lowest BCUT2D eigenvalue weighted by Gasteiger charge is -2.09. The molecular weight excluding hydrogens is 232 g/mol. The average Bonchev–Trinajstić information content (AvgIpc) is 3.05. The van der Waals surface area contributed by atoms with Crippen LogP contribution in [0, 0.1) is 0 Å². The van der Waals surface area contributed by atoms with Gasteiger partial charge in [-0.1, -0.05) is 5.16 Å². The Labute approximate surface area is 103 Å². The number of rotatable bonds is 2. The fourth-order valence-electron chi connectivity index (χ4n) is 2.26. The molecule has 1 aliphatic rings. The summed E-state index contributed by atoms with van der Waals surface area (Å²) in [6.45, 7) is 0. The maximum Gasteiger partial charge on any atom is 0.206 e. The Morgan fingerprint density at radius 2 is 2.22 bits per heavy atom. The molecule has 2 aromatic heterocycles. The highest BCUT2D eigenvalue weighted by atomic mass is 16.4. The Morgan fingerprint density at radius 3 is 3.06 bits per heavy atom. The van der Waals surface area contributed by atoms with E-state index < -0.39 is 0 Å². The molecule has 0 aliphatic heterocycles. The molecule has 0 fully saturated rings. The molecule has 0 unspecified atom stereocenters. The average molecular weight is 244 g/mol. The topological polar surface area (TPSA) is 102 Å². The molecule has 0 aromatic carbocycles. The van der Waals surface area contributed by atoms with E-state index in [1.165, 1.54) is 6.33 Å². The molecule has 18 heavy (non-hydrogen) atoms. The molecule has 0 radical (unpaired) electrons. The van der Waals surface area contributed by atoms with E-state index in [-0.39, 0.29) is 5.84 Å². The van der Waals surface area contributed by atoms with Gasteiger partial charge in [0.25, 0.3) is 0 Å². The van der Waals surface area contributed by atoms with E-state index in [0.29, 0.717) is 5.82 Å². The number of aryl methyl sites for hydroxylation is 1. The monoisotopic (exact) mass is 244 g/mol. The van der Waals surface area contributed by atoms with Crippen LogP contribution in [0.4, 0.5) is 0 Å². The second-order valence-electron chi connectivity index (χ2n) is 4.08. The van der Waals surface area contributed by atoms with Gasteiger partial charge in [-0.15, -0.1) is 0 Å². The highest BCUT2D eigenvalue weighted by Gasteiger charge is 2.20. The van der Waals surface area contributed by atoms with Crippen molar-refractivity contribution in [2.24, 2.45) is 10.9 Å². The van der Waals surface area contributed by atoms with E-state index in [4.69, 9.17) is 10.9 Å². The lowest BCUT2D eigenvalue weighted by atomic mass is 10.2. The summed E-state index contributed by atoms with van der Waals surface area (Å²) in [5, 5.41) is 11.7. The van der Waals surface area contributed by atoms with Crippen LogP contribution in [0.15, 0.2) is 23.9 Å². The van der Waals surface area contributed by atoms with E-state index in [1.807, 2.05) is 0 Å². The van der Waals surface area contributed by atoms with Gasteiger partial charge in [-0.25, -0.2) is 15.0 Å². The first-order valence-electron chi connectivity index (χ1n) is 5.65. The molecular formula is C11H12N6O. The quantitative estimate of drug-likeness (QED) is 0.341. The van der Waals surface area contributed by atoms with Crippen LogP contribution in [-0.2, 0) is 12.8 Å². The van der Waals surface area contributed by atoms with Crippen LogP contribution >= 0.6 is 0 Å². The lowest BCUT2D eigenvalue weighted by molar-refractivity contribution is 0.318. The first-order chi connectivity index (χ1) is 8.81. The summed E-state index contributed by atoms with van der Waals surface area (Å²) in [7, 11) is 0. The predicted molar refractivity (Wildman–Crippen MR) is 63.7 cm³/mol. The molecule has 7 nitrogen and oxygen atoms in total. The van der Waals surface area contributed by atoms with Gasteiger partial charge in [-0.05, 0) is 19.3 Å². The van der Waals surface area contributed by atoms with Crippen LogP contribution in [-0.4, -0.2) is 30.6 Å². The molecule has 92 valence electrons. The minimum atomic E-state index is -0.0367. The van der Waals surface area contributed by atoms with E-state index in [2.05, 4.69) is 20.1 Å². The summed E-state index contributed by atoms with van der Waals surface area (Å²) in [5.41, 5.74) is 7.78. The molecule has 0 saturated carbocycles. The lowest BCUT2D eigenvalue weighted by Crippen LogP contribution is -2.20. The maximum atomic E-state index is 8.75. The summed E-state index contributed by atoms with van der Waals surface area (Å²) in [6, 6.07) is 0. The Morgan fingerprint density at radius 1 is 1.33 bits per heavy atom. The standard InChI is InChI=1S/C11H12N6O/c12-9(16-18)11-13-4-5-17(11)10-7-2-1-3-8(7)14-6-15-10/h4-6,18H,1-3H2,(H2,12,16). The van der Waals surface area contributed by atoms with Crippen LogP contribution in [0.1, 0.15) is 23.5 Å². The SMILES string of the molecule is NC(=NO)c1nccn1-c1ncnc2c1CCC2. The largest absolute Gasteiger partial charge is 0.409 e. The molecule has 0 atom stereocenters. The van der Waals surface area contributed by atoms with Gasteiger partial charge in [-0.3, -0.25) is 4.57 Å². The van der Waals surface area contributed by atoms with Crippen molar-refractivity contribution < 1.29 is 5.21 Å². The maximum absolute atomic E-state index is 8.75. The van der Waals surface area contributed by atoms with Crippen molar-refractivity contribution in [2.75, 3.05) is 0 Å². The number of hydrogen-bond donors (Lipinski definition) is 2. The van der Waals surface area contributed by atoms with Gasteiger partial charge in [0.1, 0.15) is 12.1 Å². The minimum Gasteiger partial charge on any atom is -0.409 e. The molecule has 2 aromatic rings. The second-order valence-corrected chi connectivity index (χ2v) is 4.08. The van der Waals surface area contributed by atoms with Gasteiger partial charge >= 0.3 is 0 Å². The fourth-order valence-corrected chi connectivity index (χ4v) is 2.26. The van der Waals surface area contributed by atoms with Crippen LogP contribution in [0.2, 0.25) is 0 Å². The zero-order chi connectivity index (χ0) is 12.5. The van der Waals surface area contributed by atoms with Crippen LogP contribution in [0.3, 0.4) is 0 Å². The number of amidine groups is 1. The first kappa shape index (κ1) is 10.7. The zero-order valence-corrected chi connectivity index (χ0v) is 9.61. The van der Waals surface area contributed by atoms with Gasteiger partial charge in [0.15, 0.2) is 5.82 Å². The normalized spacial score (nSPS) is 14.8. The highest BCUT2D eigenvalue weighted by molar-refractivity contribution is 5.94. The number of oxime groups is 1. The van der Waals surface area contributed by atoms with E-state index in [1.54, 1.807) is 17.0 Å². The van der Waals surface area contributed by atoms with Gasteiger partial charge in [0.2, 0.25) is 5.84 Å². The molecule has 1 aliphatic carbocycles. The Hall–Kier alpha value is -2.44. The molecule has 0 saturated heterocycles. The number of hydrogen-bond acceptors (Lipinski definition) is 5. The molecule has 0 bridgehead atoms. The van der Waals surface area contributed by atoms with Gasteiger partial charge in [0, 0.05) is 23.7 Å². The Bertz CT molecular complexity index is 618. The summed E-state index contributed by atoms with van der Waals surface area (Å²) < 4.78 is 1.72. The highest BCUT2D eigenvalue weighted by Crippen LogP contribution is 2.24. The van der Waals surface area contributed by atoms with E-state index in [9.17, 15) is 0 Å². The predicted octanol–water partition coefficient (Wildman–Crippen LogP) is 0.245. The Kier molecular flexibility index (Phi) is 2.44. The number of imidazole rings is 1. The van der Waals surface area contributed by atoms with Crippen molar-refractivity contribution in [3.8, 4) is 5.82 Å². The van der Waals surface area contributed by atoms with Crippen LogP contribution in [0.5, 0.6) is 0 Å². The van der Waals surface area contributed by atoms with Gasteiger partial charge in [-0.2, -0.15) is 0 Å². The van der Waals surface area contributed by atoms with Gasteiger partial charge < -0.3 is 10.9 Å². The smallest absolute Gasteiger partial charge is 0.206 e. The van der Waals surface area contributed by atoms with Crippen molar-refractivity contribution in [2.45, 2.75) is 19.3 Å². The van der Waals surface area contributed by atoms with Crippen molar-refractivity contribution in [1.82, 2.24) is 19.5 Å². The van der Waals surface area contributed by atoms with Crippen molar-refractivity contribution in [3.05, 3.63) is 35.8 Å². The fraction of sp³-hybridized carbons (Fsp3) is 0.273. The van der Waals surface area contributed by atoms with Crippen LogP contribution in [0.25, 0.3) is 5.82 Å². The Balaban J connectivity index is 2.17. The third-order valence-electron chi connectivity index (χ3n) is 3.06. The van der Waals surface area contributed by atoms with E-state index in [0.717, 1.165) is 36.3 Å². The minimum absolute atomic E-state index is 0.0367. The number of aromatic nitrogens is 4. The summed E-state index contributed by atoms with van der Waals surface area (Å²) in [4.78, 5) is 12.6. The third-order valence-corrected chi connectivity index (χ3v) is 3.06.